The number of methoxy groups -OCH3 is 1. The fourth-order valence-corrected chi connectivity index (χ4v) is 5.87. The third-order valence-electron chi connectivity index (χ3n) is 5.03. The molecule has 1 aromatic heterocycles. The van der Waals surface area contributed by atoms with Gasteiger partial charge in [-0.15, -0.1) is 11.3 Å². The lowest BCUT2D eigenvalue weighted by Gasteiger charge is -2.29. The molecule has 2 heterocycles. The van der Waals surface area contributed by atoms with Gasteiger partial charge in [0.1, 0.15) is 10.6 Å². The Bertz CT molecular complexity index is 1240. The van der Waals surface area contributed by atoms with Crippen LogP contribution >= 0.6 is 11.3 Å². The molecule has 4 rings (SSSR count). The Morgan fingerprint density at radius 1 is 1.10 bits per heavy atom. The van der Waals surface area contributed by atoms with Crippen LogP contribution < -0.4 is 14.4 Å². The lowest BCUT2D eigenvalue weighted by molar-refractivity contribution is 0.104. The molecule has 0 aliphatic carbocycles. The highest BCUT2D eigenvalue weighted by Gasteiger charge is 2.41. The summed E-state index contributed by atoms with van der Waals surface area (Å²) in [5.41, 5.74) is 3.29. The Balaban J connectivity index is 1.64. The van der Waals surface area contributed by atoms with E-state index in [0.717, 1.165) is 16.7 Å². The minimum absolute atomic E-state index is 0.160. The second-order valence-electron chi connectivity index (χ2n) is 7.20. The molecular formula is C23H22N2O4S2. The van der Waals surface area contributed by atoms with E-state index in [1.54, 1.807) is 18.6 Å². The first kappa shape index (κ1) is 21.1. The zero-order valence-electron chi connectivity index (χ0n) is 17.2. The Morgan fingerprint density at radius 3 is 2.61 bits per heavy atom. The van der Waals surface area contributed by atoms with Gasteiger partial charge in [0.2, 0.25) is 5.78 Å². The summed E-state index contributed by atoms with van der Waals surface area (Å²) in [6.07, 6.45) is 1.31. The quantitative estimate of drug-likeness (QED) is 0.564. The van der Waals surface area contributed by atoms with E-state index in [1.165, 1.54) is 21.8 Å². The smallest absolute Gasteiger partial charge is 0.270 e. The van der Waals surface area contributed by atoms with Gasteiger partial charge in [0.25, 0.3) is 10.0 Å². The largest absolute Gasteiger partial charge is 0.497 e. The number of hydrogen-bond donors (Lipinski definition) is 1. The fraction of sp³-hybridized carbons (Fsp3) is 0.174. The van der Waals surface area contributed by atoms with Crippen LogP contribution in [0.3, 0.4) is 0 Å². The zero-order chi connectivity index (χ0) is 22.0. The number of aryl methyl sites for hydroxylation is 1. The number of ether oxygens (including phenoxy) is 1. The van der Waals surface area contributed by atoms with Crippen LogP contribution in [0, 0.1) is 6.92 Å². The second-order valence-corrected chi connectivity index (χ2v) is 9.95. The van der Waals surface area contributed by atoms with Crippen LogP contribution in [0.5, 0.6) is 5.75 Å². The lowest BCUT2D eigenvalue weighted by atomic mass is 10.1. The molecule has 1 aliphatic rings. The Kier molecular flexibility index (Phi) is 5.84. The number of hydrogen-bond acceptors (Lipinski definition) is 6. The van der Waals surface area contributed by atoms with Gasteiger partial charge in [-0.3, -0.25) is 9.10 Å². The minimum Gasteiger partial charge on any atom is -0.497 e. The van der Waals surface area contributed by atoms with E-state index < -0.39 is 15.8 Å². The van der Waals surface area contributed by atoms with E-state index in [-0.39, 0.29) is 11.4 Å². The lowest BCUT2D eigenvalue weighted by Crippen LogP contribution is -2.38. The number of Topliss-reactive ketones (excluding diaryl/α,β-unsaturated/α-hetero) is 1. The molecule has 31 heavy (non-hydrogen) atoms. The summed E-state index contributed by atoms with van der Waals surface area (Å²) in [6, 6.07) is 16.8. The average molecular weight is 455 g/mol. The van der Waals surface area contributed by atoms with Crippen LogP contribution in [0.1, 0.15) is 26.4 Å². The molecule has 2 aromatic carbocycles. The Hall–Kier alpha value is -3.10. The highest BCUT2D eigenvalue weighted by molar-refractivity contribution is 7.97. The second kappa shape index (κ2) is 8.56. The molecular weight excluding hydrogens is 432 g/mol. The molecule has 0 atom stereocenters. The first-order valence-corrected chi connectivity index (χ1v) is 12.0. The third kappa shape index (κ3) is 4.22. The molecule has 160 valence electrons. The van der Waals surface area contributed by atoms with Gasteiger partial charge in [-0.05, 0) is 41.6 Å². The molecule has 0 spiro atoms. The summed E-state index contributed by atoms with van der Waals surface area (Å²) in [6.45, 7) is 2.50. The highest BCUT2D eigenvalue weighted by atomic mass is 32.2. The zero-order valence-corrected chi connectivity index (χ0v) is 18.8. The van der Waals surface area contributed by atoms with Crippen molar-refractivity contribution in [3.8, 4) is 5.75 Å². The molecule has 0 fully saturated rings. The summed E-state index contributed by atoms with van der Waals surface area (Å²) in [5, 5.41) is 4.73. The van der Waals surface area contributed by atoms with Gasteiger partial charge < -0.3 is 10.1 Å². The monoisotopic (exact) mass is 454 g/mol. The van der Waals surface area contributed by atoms with Crippen LogP contribution in [0.4, 0.5) is 5.69 Å². The highest BCUT2D eigenvalue weighted by Crippen LogP contribution is 2.39. The first-order valence-electron chi connectivity index (χ1n) is 9.67. The van der Waals surface area contributed by atoms with Crippen LogP contribution in [-0.4, -0.2) is 21.3 Å². The SMILES string of the molecule is COc1cccc(CNC=C2C(=O)c3sccc3N(Cc3ccc(C)cc3)S2(=O)=O)c1. The van der Waals surface area contributed by atoms with Gasteiger partial charge in [0.15, 0.2) is 4.91 Å². The molecule has 0 unspecified atom stereocenters. The van der Waals surface area contributed by atoms with E-state index in [9.17, 15) is 13.2 Å². The van der Waals surface area contributed by atoms with Crippen molar-refractivity contribution in [2.45, 2.75) is 20.0 Å². The number of rotatable bonds is 6. The number of carbonyl (C=O) groups is 1. The van der Waals surface area contributed by atoms with Gasteiger partial charge in [0.05, 0.1) is 19.3 Å². The minimum atomic E-state index is -4.01. The number of carbonyl (C=O) groups excluding carboxylic acids is 1. The molecule has 0 saturated heterocycles. The number of sulfonamides is 1. The van der Waals surface area contributed by atoms with Gasteiger partial charge in [-0.2, -0.15) is 0 Å². The van der Waals surface area contributed by atoms with Crippen molar-refractivity contribution >= 4 is 32.8 Å². The van der Waals surface area contributed by atoms with Gasteiger partial charge in [-0.1, -0.05) is 42.0 Å². The van der Waals surface area contributed by atoms with E-state index in [0.29, 0.717) is 22.9 Å². The van der Waals surface area contributed by atoms with Crippen molar-refractivity contribution in [2.24, 2.45) is 0 Å². The summed E-state index contributed by atoms with van der Waals surface area (Å²) < 4.78 is 33.3. The Morgan fingerprint density at radius 2 is 1.87 bits per heavy atom. The van der Waals surface area contributed by atoms with E-state index >= 15 is 0 Å². The normalized spacial score (nSPS) is 16.3. The van der Waals surface area contributed by atoms with Crippen molar-refractivity contribution in [1.82, 2.24) is 5.32 Å². The van der Waals surface area contributed by atoms with E-state index in [4.69, 9.17) is 4.74 Å². The maximum atomic E-state index is 13.4. The van der Waals surface area contributed by atoms with Crippen molar-refractivity contribution in [3.63, 3.8) is 0 Å². The maximum Gasteiger partial charge on any atom is 0.270 e. The van der Waals surface area contributed by atoms with E-state index in [2.05, 4.69) is 5.32 Å². The summed E-state index contributed by atoms with van der Waals surface area (Å²) >= 11 is 1.25. The maximum absolute atomic E-state index is 13.4. The molecule has 3 aromatic rings. The van der Waals surface area contributed by atoms with Crippen molar-refractivity contribution < 1.29 is 17.9 Å². The molecule has 1 aliphatic heterocycles. The van der Waals surface area contributed by atoms with E-state index in [1.807, 2.05) is 55.5 Å². The molecule has 8 heteroatoms. The molecule has 0 radical (unpaired) electrons. The topological polar surface area (TPSA) is 75.7 Å². The average Bonchev–Trinajstić information content (AvgIpc) is 3.25. The number of nitrogens with one attached hydrogen (secondary N) is 1. The Labute approximate surface area is 185 Å². The number of anilines is 1. The number of benzene rings is 2. The van der Waals surface area contributed by atoms with Gasteiger partial charge in [-0.25, -0.2) is 8.42 Å². The number of allylic oxidation sites excluding steroid dienone is 1. The van der Waals surface area contributed by atoms with Crippen molar-refractivity contribution in [3.05, 3.63) is 92.6 Å². The predicted octanol–water partition coefficient (Wildman–Crippen LogP) is 4.23. The fourth-order valence-electron chi connectivity index (χ4n) is 3.36. The standard InChI is InChI=1S/C23H22N2O4S2/c1-16-6-8-17(9-7-16)15-25-20-10-11-30-23(20)22(26)21(31(25,27)28)14-24-13-18-4-3-5-19(12-18)29-2/h3-12,14,24H,13,15H2,1-2H3. The number of nitrogens with zero attached hydrogens (tertiary/aromatic N) is 1. The molecule has 0 bridgehead atoms. The number of fused-ring (bicyclic) bond motifs is 1. The molecule has 6 nitrogen and oxygen atoms in total. The summed E-state index contributed by atoms with van der Waals surface area (Å²) in [5.74, 6) is 0.226. The van der Waals surface area contributed by atoms with Crippen LogP contribution in [0.15, 0.2) is 71.1 Å². The molecule has 0 amide bonds. The van der Waals surface area contributed by atoms with Crippen LogP contribution in [-0.2, 0) is 23.1 Å². The van der Waals surface area contributed by atoms with Crippen LogP contribution in [0.2, 0.25) is 0 Å². The molecule has 0 saturated carbocycles. The first-order chi connectivity index (χ1) is 14.9. The molecule has 1 N–H and O–H groups in total. The summed E-state index contributed by atoms with van der Waals surface area (Å²) in [4.78, 5) is 13.1. The van der Waals surface area contributed by atoms with Crippen molar-refractivity contribution in [1.29, 1.82) is 0 Å². The van der Waals surface area contributed by atoms with Crippen LogP contribution in [0.25, 0.3) is 0 Å². The van der Waals surface area contributed by atoms with Gasteiger partial charge >= 0.3 is 0 Å². The number of thiophene rings is 1. The summed E-state index contributed by atoms with van der Waals surface area (Å²) in [7, 11) is -2.42. The van der Waals surface area contributed by atoms with Gasteiger partial charge in [0, 0.05) is 12.7 Å². The third-order valence-corrected chi connectivity index (χ3v) is 7.70. The van der Waals surface area contributed by atoms with Crippen molar-refractivity contribution in [2.75, 3.05) is 11.4 Å². The predicted molar refractivity (Wildman–Crippen MR) is 123 cm³/mol. The number of ketones is 1.